The molecule has 0 bridgehead atoms. The number of sulfonamides is 1. The Morgan fingerprint density at radius 2 is 1.80 bits per heavy atom. The largest absolute Gasteiger partial charge is 0.373 e. The molecule has 1 atom stereocenters. The van der Waals surface area contributed by atoms with E-state index in [1.165, 1.54) is 0 Å². The monoisotopic (exact) mass is 359 g/mol. The Balaban J connectivity index is 2.00. The minimum atomic E-state index is -3.52. The van der Waals surface area contributed by atoms with Gasteiger partial charge in [0.15, 0.2) is 0 Å². The molecule has 1 fully saturated rings. The van der Waals surface area contributed by atoms with Crippen LogP contribution in [-0.4, -0.2) is 31.3 Å². The lowest BCUT2D eigenvalue weighted by atomic mass is 9.96. The highest BCUT2D eigenvalue weighted by molar-refractivity contribution is 7.89. The van der Waals surface area contributed by atoms with E-state index >= 15 is 0 Å². The number of piperidine rings is 1. The van der Waals surface area contributed by atoms with Gasteiger partial charge in [-0.05, 0) is 50.5 Å². The third-order valence-electron chi connectivity index (χ3n) is 4.82. The normalized spacial score (nSPS) is 18.9. The fraction of sp³-hybridized carbons (Fsp3) is 0.421. The number of aromatic nitrogens is 1. The molecular weight excluding hydrogens is 334 g/mol. The SMILES string of the molecule is CNc1ccc([C@H]2CCCCN2S(=O)(=O)c2ccc(C)cc2)c(C)n1. The Morgan fingerprint density at radius 1 is 1.08 bits per heavy atom. The van der Waals surface area contributed by atoms with Gasteiger partial charge in [-0.15, -0.1) is 0 Å². The molecule has 0 radical (unpaired) electrons. The topological polar surface area (TPSA) is 62.3 Å². The lowest BCUT2D eigenvalue weighted by Gasteiger charge is -2.35. The third-order valence-corrected chi connectivity index (χ3v) is 6.75. The van der Waals surface area contributed by atoms with Crippen molar-refractivity contribution in [3.05, 3.63) is 53.2 Å². The zero-order valence-corrected chi connectivity index (χ0v) is 15.8. The molecule has 2 aromatic rings. The number of anilines is 1. The predicted molar refractivity (Wildman–Crippen MR) is 100 cm³/mol. The molecule has 1 aliphatic heterocycles. The van der Waals surface area contributed by atoms with Gasteiger partial charge in [-0.25, -0.2) is 13.4 Å². The van der Waals surface area contributed by atoms with Crippen LogP contribution in [0.15, 0.2) is 41.3 Å². The van der Waals surface area contributed by atoms with Crippen LogP contribution in [0.2, 0.25) is 0 Å². The first kappa shape index (κ1) is 17.9. The van der Waals surface area contributed by atoms with Crippen LogP contribution in [0.5, 0.6) is 0 Å². The summed E-state index contributed by atoms with van der Waals surface area (Å²) in [5, 5.41) is 3.03. The summed E-state index contributed by atoms with van der Waals surface area (Å²) in [5.41, 5.74) is 2.93. The summed E-state index contributed by atoms with van der Waals surface area (Å²) in [6, 6.07) is 10.9. The molecule has 134 valence electrons. The summed E-state index contributed by atoms with van der Waals surface area (Å²) < 4.78 is 28.1. The van der Waals surface area contributed by atoms with E-state index in [0.717, 1.165) is 41.9 Å². The molecule has 3 rings (SSSR count). The highest BCUT2D eigenvalue weighted by Crippen LogP contribution is 2.36. The number of hydrogen-bond acceptors (Lipinski definition) is 4. The molecule has 5 nitrogen and oxygen atoms in total. The minimum Gasteiger partial charge on any atom is -0.373 e. The number of hydrogen-bond donors (Lipinski definition) is 1. The van der Waals surface area contributed by atoms with Gasteiger partial charge in [-0.2, -0.15) is 4.31 Å². The zero-order chi connectivity index (χ0) is 18.0. The molecular formula is C19H25N3O2S. The molecule has 6 heteroatoms. The molecule has 1 aromatic heterocycles. The Morgan fingerprint density at radius 3 is 2.44 bits per heavy atom. The van der Waals surface area contributed by atoms with Gasteiger partial charge >= 0.3 is 0 Å². The molecule has 25 heavy (non-hydrogen) atoms. The predicted octanol–water partition coefficient (Wildman–Crippen LogP) is 3.66. The first-order chi connectivity index (χ1) is 11.9. The van der Waals surface area contributed by atoms with Crippen LogP contribution in [0.25, 0.3) is 0 Å². The summed E-state index contributed by atoms with van der Waals surface area (Å²) in [4.78, 5) is 4.90. The smallest absolute Gasteiger partial charge is 0.243 e. The lowest BCUT2D eigenvalue weighted by Crippen LogP contribution is -2.38. The first-order valence-electron chi connectivity index (χ1n) is 8.67. The van der Waals surface area contributed by atoms with Crippen molar-refractivity contribution in [3.8, 4) is 0 Å². The summed E-state index contributed by atoms with van der Waals surface area (Å²) in [5.74, 6) is 0.796. The summed E-state index contributed by atoms with van der Waals surface area (Å²) >= 11 is 0. The van der Waals surface area contributed by atoms with Crippen molar-refractivity contribution in [3.63, 3.8) is 0 Å². The van der Waals surface area contributed by atoms with E-state index in [1.807, 2.05) is 45.2 Å². The highest BCUT2D eigenvalue weighted by atomic mass is 32.2. The van der Waals surface area contributed by atoms with Gasteiger partial charge in [0, 0.05) is 19.3 Å². The number of nitrogens with zero attached hydrogens (tertiary/aromatic N) is 2. The second-order valence-electron chi connectivity index (χ2n) is 6.56. The van der Waals surface area contributed by atoms with Crippen LogP contribution in [-0.2, 0) is 10.0 Å². The van der Waals surface area contributed by atoms with E-state index in [2.05, 4.69) is 10.3 Å². The van der Waals surface area contributed by atoms with E-state index in [4.69, 9.17) is 0 Å². The van der Waals surface area contributed by atoms with Crippen molar-refractivity contribution in [1.29, 1.82) is 0 Å². The molecule has 0 aliphatic carbocycles. The molecule has 1 saturated heterocycles. The fourth-order valence-corrected chi connectivity index (χ4v) is 5.09. The average molecular weight is 359 g/mol. The minimum absolute atomic E-state index is 0.154. The Labute approximate surface area is 150 Å². The maximum absolute atomic E-state index is 13.2. The van der Waals surface area contributed by atoms with Gasteiger partial charge in [-0.3, -0.25) is 0 Å². The Hall–Kier alpha value is -1.92. The van der Waals surface area contributed by atoms with Crippen LogP contribution >= 0.6 is 0 Å². The number of nitrogens with one attached hydrogen (secondary N) is 1. The lowest BCUT2D eigenvalue weighted by molar-refractivity contribution is 0.255. The Bertz CT molecular complexity index is 847. The van der Waals surface area contributed by atoms with Gasteiger partial charge in [-0.1, -0.05) is 30.2 Å². The van der Waals surface area contributed by atoms with Crippen LogP contribution in [0, 0.1) is 13.8 Å². The average Bonchev–Trinajstić information content (AvgIpc) is 2.62. The van der Waals surface area contributed by atoms with Crippen LogP contribution in [0.4, 0.5) is 5.82 Å². The van der Waals surface area contributed by atoms with E-state index in [9.17, 15) is 8.42 Å². The summed E-state index contributed by atoms with van der Waals surface area (Å²) in [6.45, 7) is 4.45. The van der Waals surface area contributed by atoms with Crippen molar-refractivity contribution >= 4 is 15.8 Å². The van der Waals surface area contributed by atoms with Crippen LogP contribution in [0.1, 0.15) is 42.1 Å². The van der Waals surface area contributed by atoms with Crippen molar-refractivity contribution in [2.45, 2.75) is 44.0 Å². The molecule has 1 N–H and O–H groups in total. The standard InChI is InChI=1S/C19H25N3O2S/c1-14-7-9-16(10-8-14)25(23,24)22-13-5-4-6-18(22)17-11-12-19(20-3)21-15(17)2/h7-12,18H,4-6,13H2,1-3H3,(H,20,21)/t18-/m1/s1. The number of rotatable bonds is 4. The second kappa shape index (κ2) is 7.14. The summed E-state index contributed by atoms with van der Waals surface area (Å²) in [6.07, 6.45) is 2.74. The second-order valence-corrected chi connectivity index (χ2v) is 8.45. The van der Waals surface area contributed by atoms with Gasteiger partial charge in [0.05, 0.1) is 10.9 Å². The number of benzene rings is 1. The first-order valence-corrected chi connectivity index (χ1v) is 10.1. The van der Waals surface area contributed by atoms with E-state index < -0.39 is 10.0 Å². The number of pyridine rings is 1. The maximum Gasteiger partial charge on any atom is 0.243 e. The molecule has 0 saturated carbocycles. The molecule has 1 aromatic carbocycles. The molecule has 0 amide bonds. The van der Waals surface area contributed by atoms with Crippen molar-refractivity contribution in [2.24, 2.45) is 0 Å². The Kier molecular flexibility index (Phi) is 5.11. The van der Waals surface area contributed by atoms with Crippen molar-refractivity contribution in [1.82, 2.24) is 9.29 Å². The van der Waals surface area contributed by atoms with Gasteiger partial charge in [0.1, 0.15) is 5.82 Å². The molecule has 1 aliphatic rings. The van der Waals surface area contributed by atoms with Gasteiger partial charge < -0.3 is 5.32 Å². The summed E-state index contributed by atoms with van der Waals surface area (Å²) in [7, 11) is -1.69. The van der Waals surface area contributed by atoms with Gasteiger partial charge in [0.25, 0.3) is 0 Å². The number of aryl methyl sites for hydroxylation is 2. The van der Waals surface area contributed by atoms with Crippen molar-refractivity contribution in [2.75, 3.05) is 18.9 Å². The molecule has 0 spiro atoms. The van der Waals surface area contributed by atoms with Gasteiger partial charge in [0.2, 0.25) is 10.0 Å². The van der Waals surface area contributed by atoms with E-state index in [-0.39, 0.29) is 6.04 Å². The maximum atomic E-state index is 13.2. The zero-order valence-electron chi connectivity index (χ0n) is 15.0. The quantitative estimate of drug-likeness (QED) is 0.905. The van der Waals surface area contributed by atoms with E-state index in [0.29, 0.717) is 11.4 Å². The van der Waals surface area contributed by atoms with Crippen LogP contribution in [0.3, 0.4) is 0 Å². The fourth-order valence-electron chi connectivity index (χ4n) is 3.41. The molecule has 0 unspecified atom stereocenters. The van der Waals surface area contributed by atoms with Crippen LogP contribution < -0.4 is 5.32 Å². The highest BCUT2D eigenvalue weighted by Gasteiger charge is 2.35. The third kappa shape index (κ3) is 3.55. The molecule has 2 heterocycles. The van der Waals surface area contributed by atoms with E-state index in [1.54, 1.807) is 16.4 Å². The van der Waals surface area contributed by atoms with Crippen molar-refractivity contribution < 1.29 is 8.42 Å².